The molecule has 2 aliphatic rings. The molecule has 2 aliphatic heterocycles. The maximum atomic E-state index is 11.8. The molecule has 0 bridgehead atoms. The summed E-state index contributed by atoms with van der Waals surface area (Å²) in [7, 11) is 0. The number of nitrogens with zero attached hydrogens (tertiary/aromatic N) is 1. The lowest BCUT2D eigenvalue weighted by molar-refractivity contribution is 0.0344. The lowest BCUT2D eigenvalue weighted by Crippen LogP contribution is -2.37. The second-order valence-corrected chi connectivity index (χ2v) is 4.91. The van der Waals surface area contributed by atoms with Crippen molar-refractivity contribution in [2.45, 2.75) is 26.4 Å². The molecule has 2 rings (SSSR count). The quantitative estimate of drug-likeness (QED) is 0.646. The number of nitrogens with one attached hydrogen (secondary N) is 2. The topological polar surface area (TPSA) is 53.6 Å². The van der Waals surface area contributed by atoms with Crippen LogP contribution in [0.15, 0.2) is 23.5 Å². The van der Waals surface area contributed by atoms with Crippen LogP contribution in [-0.2, 0) is 4.74 Å². The highest BCUT2D eigenvalue weighted by atomic mass is 16.6. The molecule has 2 N–H and O–H groups in total. The molecule has 0 aromatic heterocycles. The van der Waals surface area contributed by atoms with Crippen LogP contribution in [0.4, 0.5) is 4.79 Å². The molecule has 0 saturated heterocycles. The van der Waals surface area contributed by atoms with E-state index in [1.807, 2.05) is 26.8 Å². The van der Waals surface area contributed by atoms with Gasteiger partial charge in [-0.15, -0.1) is 0 Å². The van der Waals surface area contributed by atoms with Crippen LogP contribution in [0.25, 0.3) is 0 Å². The molecule has 0 radical (unpaired) electrons. The summed E-state index contributed by atoms with van der Waals surface area (Å²) in [5, 5.41) is 0. The van der Waals surface area contributed by atoms with Gasteiger partial charge in [0.15, 0.2) is 0 Å². The summed E-state index contributed by atoms with van der Waals surface area (Å²) in [6.07, 6.45) is 3.38. The summed E-state index contributed by atoms with van der Waals surface area (Å²) in [6.45, 7) is 6.91. The molecule has 0 aliphatic carbocycles. The average Bonchev–Trinajstić information content (AvgIpc) is 2.61. The van der Waals surface area contributed by atoms with Gasteiger partial charge in [-0.05, 0) is 32.4 Å². The van der Waals surface area contributed by atoms with Crippen molar-refractivity contribution in [2.75, 3.05) is 13.1 Å². The second-order valence-electron chi connectivity index (χ2n) is 4.91. The molecular weight excluding hydrogens is 206 g/mol. The van der Waals surface area contributed by atoms with Crippen molar-refractivity contribution in [1.29, 1.82) is 0 Å². The molecule has 5 nitrogen and oxygen atoms in total. The first kappa shape index (κ1) is 11.0. The molecule has 0 unspecified atom stereocenters. The number of ether oxygens (including phenoxy) is 1. The van der Waals surface area contributed by atoms with Crippen molar-refractivity contribution >= 4 is 6.09 Å². The highest BCUT2D eigenvalue weighted by molar-refractivity contribution is 5.70. The Kier molecular flexibility index (Phi) is 2.63. The van der Waals surface area contributed by atoms with Gasteiger partial charge in [-0.2, -0.15) is 0 Å². The number of hydrogen-bond acceptors (Lipinski definition) is 4. The van der Waals surface area contributed by atoms with Crippen LogP contribution in [0.5, 0.6) is 0 Å². The second kappa shape index (κ2) is 3.83. The third-order valence-corrected chi connectivity index (χ3v) is 2.32. The highest BCUT2D eigenvalue weighted by Gasteiger charge is 2.25. The van der Waals surface area contributed by atoms with Crippen LogP contribution in [0.2, 0.25) is 0 Å². The van der Waals surface area contributed by atoms with Gasteiger partial charge in [-0.1, -0.05) is 0 Å². The number of hydrogen-bond donors (Lipinski definition) is 2. The van der Waals surface area contributed by atoms with Gasteiger partial charge in [0.2, 0.25) is 0 Å². The van der Waals surface area contributed by atoms with Crippen molar-refractivity contribution in [3.8, 4) is 0 Å². The number of hydrazine groups is 1. The largest absolute Gasteiger partial charge is 0.443 e. The first-order chi connectivity index (χ1) is 7.46. The number of amides is 1. The van der Waals surface area contributed by atoms with E-state index in [9.17, 15) is 4.79 Å². The summed E-state index contributed by atoms with van der Waals surface area (Å²) in [6, 6.07) is 0. The molecule has 88 valence electrons. The van der Waals surface area contributed by atoms with E-state index < -0.39 is 5.60 Å². The standard InChI is InChI=1S/C11H17N3O2/c1-11(2,3)16-10(15)14-5-4-8-6-12-13-9(8)7-14/h4-5,12-13H,6-7H2,1-3H3. The number of carbonyl (C=O) groups is 1. The Morgan fingerprint density at radius 3 is 2.94 bits per heavy atom. The van der Waals surface area contributed by atoms with Crippen LogP contribution < -0.4 is 10.9 Å². The predicted octanol–water partition coefficient (Wildman–Crippen LogP) is 1.11. The van der Waals surface area contributed by atoms with Crippen LogP contribution in [0.1, 0.15) is 20.8 Å². The Labute approximate surface area is 95.1 Å². The third-order valence-electron chi connectivity index (χ3n) is 2.32. The van der Waals surface area contributed by atoms with Gasteiger partial charge in [0.05, 0.1) is 12.2 Å². The Morgan fingerprint density at radius 1 is 1.50 bits per heavy atom. The van der Waals surface area contributed by atoms with E-state index >= 15 is 0 Å². The minimum absolute atomic E-state index is 0.316. The lowest BCUT2D eigenvalue weighted by Gasteiger charge is -2.27. The smallest absolute Gasteiger partial charge is 0.414 e. The predicted molar refractivity (Wildman–Crippen MR) is 60.2 cm³/mol. The van der Waals surface area contributed by atoms with Gasteiger partial charge in [0, 0.05) is 12.7 Å². The van der Waals surface area contributed by atoms with Crippen molar-refractivity contribution in [1.82, 2.24) is 15.8 Å². The first-order valence-electron chi connectivity index (χ1n) is 5.34. The fraction of sp³-hybridized carbons (Fsp3) is 0.545. The minimum atomic E-state index is -0.457. The summed E-state index contributed by atoms with van der Waals surface area (Å²) in [4.78, 5) is 13.3. The van der Waals surface area contributed by atoms with Crippen LogP contribution in [0, 0.1) is 0 Å². The van der Waals surface area contributed by atoms with Crippen molar-refractivity contribution in [3.63, 3.8) is 0 Å². The number of carbonyl (C=O) groups excluding carboxylic acids is 1. The fourth-order valence-electron chi connectivity index (χ4n) is 1.58. The van der Waals surface area contributed by atoms with E-state index in [2.05, 4.69) is 10.9 Å². The third kappa shape index (κ3) is 2.36. The molecule has 0 atom stereocenters. The van der Waals surface area contributed by atoms with Gasteiger partial charge >= 0.3 is 6.09 Å². The van der Waals surface area contributed by atoms with E-state index in [4.69, 9.17) is 4.74 Å². The Balaban J connectivity index is 1.99. The molecule has 16 heavy (non-hydrogen) atoms. The summed E-state index contributed by atoms with van der Waals surface area (Å²) in [5.74, 6) is 0. The normalized spacial score (nSPS) is 19.6. The molecule has 0 aromatic carbocycles. The molecule has 1 amide bonds. The summed E-state index contributed by atoms with van der Waals surface area (Å²) in [5.41, 5.74) is 7.83. The highest BCUT2D eigenvalue weighted by Crippen LogP contribution is 2.18. The Morgan fingerprint density at radius 2 is 2.25 bits per heavy atom. The fourth-order valence-corrected chi connectivity index (χ4v) is 1.58. The molecule has 0 aromatic rings. The van der Waals surface area contributed by atoms with Crippen molar-refractivity contribution < 1.29 is 9.53 Å². The van der Waals surface area contributed by atoms with E-state index in [0.29, 0.717) is 6.54 Å². The maximum absolute atomic E-state index is 11.8. The van der Waals surface area contributed by atoms with Gasteiger partial charge in [-0.3, -0.25) is 4.90 Å². The van der Waals surface area contributed by atoms with Crippen molar-refractivity contribution in [2.24, 2.45) is 0 Å². The molecule has 0 saturated carbocycles. The Hall–Kier alpha value is -1.49. The zero-order chi connectivity index (χ0) is 11.8. The zero-order valence-corrected chi connectivity index (χ0v) is 9.83. The molecule has 0 fully saturated rings. The first-order valence-corrected chi connectivity index (χ1v) is 5.34. The summed E-state index contributed by atoms with van der Waals surface area (Å²) >= 11 is 0. The molecule has 0 spiro atoms. The lowest BCUT2D eigenvalue weighted by atomic mass is 10.1. The van der Waals surface area contributed by atoms with Crippen LogP contribution in [-0.4, -0.2) is 29.7 Å². The van der Waals surface area contributed by atoms with Gasteiger partial charge < -0.3 is 10.2 Å². The van der Waals surface area contributed by atoms with Crippen LogP contribution in [0.3, 0.4) is 0 Å². The molecule has 2 heterocycles. The summed E-state index contributed by atoms with van der Waals surface area (Å²) < 4.78 is 5.29. The van der Waals surface area contributed by atoms with Gasteiger partial charge in [-0.25, -0.2) is 10.2 Å². The Bertz CT molecular complexity index is 366. The van der Waals surface area contributed by atoms with Crippen LogP contribution >= 0.6 is 0 Å². The molecular formula is C11H17N3O2. The zero-order valence-electron chi connectivity index (χ0n) is 9.83. The minimum Gasteiger partial charge on any atom is -0.443 e. The monoisotopic (exact) mass is 223 g/mol. The van der Waals surface area contributed by atoms with Gasteiger partial charge in [0.25, 0.3) is 0 Å². The van der Waals surface area contributed by atoms with Gasteiger partial charge in [0.1, 0.15) is 5.60 Å². The SMILES string of the molecule is CC(C)(C)OC(=O)N1C=CC2=C(C1)NNC2. The average molecular weight is 223 g/mol. The van der Waals surface area contributed by atoms with Crippen molar-refractivity contribution in [3.05, 3.63) is 23.5 Å². The molecule has 5 heteroatoms. The van der Waals surface area contributed by atoms with E-state index in [1.165, 1.54) is 5.57 Å². The van der Waals surface area contributed by atoms with E-state index in [-0.39, 0.29) is 6.09 Å². The number of rotatable bonds is 0. The maximum Gasteiger partial charge on any atom is 0.414 e. The van der Waals surface area contributed by atoms with E-state index in [0.717, 1.165) is 12.2 Å². The van der Waals surface area contributed by atoms with E-state index in [1.54, 1.807) is 11.1 Å².